The van der Waals surface area contributed by atoms with E-state index < -0.39 is 66.4 Å². The Bertz CT molecular complexity index is 1180. The topological polar surface area (TPSA) is 188 Å². The highest BCUT2D eigenvalue weighted by Crippen LogP contribution is 2.47. The van der Waals surface area contributed by atoms with Crippen molar-refractivity contribution in [2.24, 2.45) is 5.41 Å². The maximum Gasteiger partial charge on any atom is 0.328 e. The average molecular weight is 667 g/mol. The van der Waals surface area contributed by atoms with E-state index in [2.05, 4.69) is 6.58 Å². The van der Waals surface area contributed by atoms with E-state index in [0.29, 0.717) is 19.3 Å². The first-order valence-electron chi connectivity index (χ1n) is 16.5. The van der Waals surface area contributed by atoms with Gasteiger partial charge in [-0.05, 0) is 43.8 Å². The van der Waals surface area contributed by atoms with Crippen LogP contribution in [-0.4, -0.2) is 106 Å². The normalized spacial score (nSPS) is 40.0. The van der Waals surface area contributed by atoms with Gasteiger partial charge in [0.1, 0.15) is 6.10 Å². The lowest BCUT2D eigenvalue weighted by molar-refractivity contribution is -0.327. The Hall–Kier alpha value is -2.65. The zero-order valence-corrected chi connectivity index (χ0v) is 27.5. The van der Waals surface area contributed by atoms with Gasteiger partial charge in [-0.25, -0.2) is 4.79 Å². The third-order valence-corrected chi connectivity index (χ3v) is 9.22. The molecule has 0 aliphatic carbocycles. The SMILES string of the molecule is C=CCC1CC2CC3CCCC(C[C@@H](O)CC(=O)OC(CO)CC4C/C(=C\C(=O)O)[C@H](OC(C)=O)C(O)(O4)C(C)(C)/C=C/C(O1)O2)O3. The molecule has 4 N–H and O–H groups in total. The van der Waals surface area contributed by atoms with Crippen molar-refractivity contribution in [1.82, 2.24) is 0 Å². The molecule has 0 amide bonds. The van der Waals surface area contributed by atoms with Crippen molar-refractivity contribution in [2.75, 3.05) is 6.61 Å². The van der Waals surface area contributed by atoms with Gasteiger partial charge in [0.25, 0.3) is 0 Å². The fraction of sp³-hybridized carbons (Fsp3) is 0.735. The number of aliphatic hydroxyl groups excluding tert-OH is 2. The molecule has 3 saturated heterocycles. The number of carboxylic acid groups (broad SMARTS) is 1. The van der Waals surface area contributed by atoms with Crippen LogP contribution in [0.3, 0.4) is 0 Å². The Labute approximate surface area is 275 Å². The smallest absolute Gasteiger partial charge is 0.328 e. The molecule has 47 heavy (non-hydrogen) atoms. The fourth-order valence-electron chi connectivity index (χ4n) is 6.94. The first kappa shape index (κ1) is 37.2. The summed E-state index contributed by atoms with van der Waals surface area (Å²) in [6, 6.07) is 0. The number of fused-ring (bicyclic) bond motifs is 6. The maximum absolute atomic E-state index is 12.8. The van der Waals surface area contributed by atoms with E-state index in [1.54, 1.807) is 32.1 Å². The van der Waals surface area contributed by atoms with Crippen molar-refractivity contribution in [1.29, 1.82) is 0 Å². The van der Waals surface area contributed by atoms with Gasteiger partial charge in [0, 0.05) is 44.1 Å². The van der Waals surface area contributed by atoms with E-state index in [-0.39, 0.29) is 55.7 Å². The van der Waals surface area contributed by atoms with E-state index in [1.165, 1.54) is 0 Å². The van der Waals surface area contributed by atoms with Crippen LogP contribution in [0.5, 0.6) is 0 Å². The van der Waals surface area contributed by atoms with Gasteiger partial charge in [-0.1, -0.05) is 26.0 Å². The van der Waals surface area contributed by atoms with Gasteiger partial charge in [0.05, 0.1) is 49.7 Å². The molecule has 0 spiro atoms. The minimum Gasteiger partial charge on any atom is -0.478 e. The molecular formula is C34H50O13. The highest BCUT2D eigenvalue weighted by Gasteiger charge is 2.57. The summed E-state index contributed by atoms with van der Waals surface area (Å²) < 4.78 is 36.1. The van der Waals surface area contributed by atoms with Gasteiger partial charge in [-0.2, -0.15) is 0 Å². The van der Waals surface area contributed by atoms with Crippen LogP contribution in [0.15, 0.2) is 36.5 Å². The number of aliphatic carboxylic acids is 1. The summed E-state index contributed by atoms with van der Waals surface area (Å²) in [7, 11) is 0. The molecular weight excluding hydrogens is 616 g/mol. The molecule has 13 nitrogen and oxygen atoms in total. The Morgan fingerprint density at radius 1 is 1.02 bits per heavy atom. The summed E-state index contributed by atoms with van der Waals surface area (Å²) in [6.45, 7) is 7.67. The third-order valence-electron chi connectivity index (χ3n) is 9.22. The molecule has 0 aromatic rings. The summed E-state index contributed by atoms with van der Waals surface area (Å²) in [5, 5.41) is 42.8. The third kappa shape index (κ3) is 9.94. The summed E-state index contributed by atoms with van der Waals surface area (Å²) in [5.74, 6) is -5.15. The van der Waals surface area contributed by atoms with Gasteiger partial charge >= 0.3 is 17.9 Å². The Morgan fingerprint density at radius 2 is 1.72 bits per heavy atom. The second-order valence-corrected chi connectivity index (χ2v) is 13.6. The lowest BCUT2D eigenvalue weighted by Gasteiger charge is -2.50. The van der Waals surface area contributed by atoms with Crippen LogP contribution in [0.2, 0.25) is 0 Å². The lowest BCUT2D eigenvalue weighted by atomic mass is 9.74. The number of cyclic esters (lactones) is 1. The minimum atomic E-state index is -2.32. The lowest BCUT2D eigenvalue weighted by Crippen LogP contribution is -2.62. The van der Waals surface area contributed by atoms with Crippen LogP contribution in [0.4, 0.5) is 0 Å². The molecule has 0 radical (unpaired) electrons. The number of hydrogen-bond acceptors (Lipinski definition) is 12. The number of rotatable bonds is 5. The predicted octanol–water partition coefficient (Wildman–Crippen LogP) is 2.84. The van der Waals surface area contributed by atoms with E-state index in [0.717, 1.165) is 32.3 Å². The molecule has 4 heterocycles. The molecule has 0 saturated carbocycles. The van der Waals surface area contributed by atoms with Crippen molar-refractivity contribution < 1.29 is 63.2 Å². The van der Waals surface area contributed by atoms with Crippen LogP contribution >= 0.6 is 0 Å². The Kier molecular flexibility index (Phi) is 12.8. The number of aliphatic hydroxyl groups is 3. The zero-order valence-electron chi connectivity index (χ0n) is 27.5. The van der Waals surface area contributed by atoms with Crippen molar-refractivity contribution in [3.8, 4) is 0 Å². The first-order valence-corrected chi connectivity index (χ1v) is 16.5. The Morgan fingerprint density at radius 3 is 2.38 bits per heavy atom. The van der Waals surface area contributed by atoms with Gasteiger partial charge < -0.3 is 48.8 Å². The average Bonchev–Trinajstić information content (AvgIpc) is 2.97. The molecule has 6 bridgehead atoms. The summed E-state index contributed by atoms with van der Waals surface area (Å²) in [5.41, 5.74) is -1.29. The number of ether oxygens (including phenoxy) is 6. The van der Waals surface area contributed by atoms with Crippen molar-refractivity contribution in [2.45, 2.75) is 146 Å². The van der Waals surface area contributed by atoms with Crippen LogP contribution in [-0.2, 0) is 42.8 Å². The summed E-state index contributed by atoms with van der Waals surface area (Å²) in [4.78, 5) is 36.9. The van der Waals surface area contributed by atoms with E-state index in [1.807, 2.05) is 0 Å². The van der Waals surface area contributed by atoms with Crippen LogP contribution < -0.4 is 0 Å². The quantitative estimate of drug-likeness (QED) is 0.191. The van der Waals surface area contributed by atoms with Crippen molar-refractivity contribution in [3.05, 3.63) is 36.5 Å². The summed E-state index contributed by atoms with van der Waals surface area (Å²) >= 11 is 0. The van der Waals surface area contributed by atoms with Gasteiger partial charge in [0.15, 0.2) is 12.4 Å². The molecule has 0 aromatic heterocycles. The van der Waals surface area contributed by atoms with E-state index in [9.17, 15) is 34.8 Å². The van der Waals surface area contributed by atoms with Crippen molar-refractivity contribution >= 4 is 17.9 Å². The van der Waals surface area contributed by atoms with E-state index >= 15 is 0 Å². The van der Waals surface area contributed by atoms with Gasteiger partial charge in [-0.15, -0.1) is 6.58 Å². The standard InChI is InChI=1S/C34H50O13/c1-5-7-23-16-26-17-25-9-6-8-24(43-25)14-22(37)15-30(40)44-28(19-35)18-27-12-21(13-29(38)39)32(42-20(2)36)34(41,47-27)33(3,4)11-10-31(45-23)46-26/h5,10-11,13,22-28,31-32,35,37,41H,1,6-9,12,14-19H2,2-4H3,(H,38,39)/b11-10+,21-13+/t22-,23?,24?,25?,26?,27?,28?,31?,32+,34?/m1/s1. The number of esters is 2. The predicted molar refractivity (Wildman–Crippen MR) is 166 cm³/mol. The molecule has 10 atom stereocenters. The number of carboxylic acids is 1. The largest absolute Gasteiger partial charge is 0.478 e. The van der Waals surface area contributed by atoms with Gasteiger partial charge in [0.2, 0.25) is 5.79 Å². The Balaban J connectivity index is 1.73. The van der Waals surface area contributed by atoms with E-state index in [4.69, 9.17) is 28.4 Å². The molecule has 0 aromatic carbocycles. The molecule has 3 fully saturated rings. The van der Waals surface area contributed by atoms with Crippen LogP contribution in [0.25, 0.3) is 0 Å². The van der Waals surface area contributed by atoms with Crippen LogP contribution in [0, 0.1) is 5.41 Å². The monoisotopic (exact) mass is 666 g/mol. The molecule has 8 unspecified atom stereocenters. The summed E-state index contributed by atoms with van der Waals surface area (Å²) in [6.07, 6.45) is 3.64. The molecule has 13 heteroatoms. The minimum absolute atomic E-state index is 0.0660. The highest BCUT2D eigenvalue weighted by molar-refractivity contribution is 5.81. The highest BCUT2D eigenvalue weighted by atomic mass is 16.7. The van der Waals surface area contributed by atoms with Gasteiger partial charge in [-0.3, -0.25) is 9.59 Å². The molecule has 4 aliphatic heterocycles. The number of carbonyl (C=O) groups excluding carboxylic acids is 2. The second-order valence-electron chi connectivity index (χ2n) is 13.6. The molecule has 4 aliphatic rings. The fourth-order valence-corrected chi connectivity index (χ4v) is 6.94. The second kappa shape index (κ2) is 16.2. The zero-order chi connectivity index (χ0) is 34.4. The number of carbonyl (C=O) groups is 3. The number of hydrogen-bond donors (Lipinski definition) is 4. The van der Waals surface area contributed by atoms with Crippen LogP contribution in [0.1, 0.15) is 85.0 Å². The molecule has 264 valence electrons. The van der Waals surface area contributed by atoms with Crippen molar-refractivity contribution in [3.63, 3.8) is 0 Å². The first-order chi connectivity index (χ1) is 22.2. The maximum atomic E-state index is 12.8. The molecule has 4 rings (SSSR count).